The van der Waals surface area contributed by atoms with E-state index in [4.69, 9.17) is 9.47 Å². The van der Waals surface area contributed by atoms with Gasteiger partial charge in [0, 0.05) is 25.6 Å². The first-order valence-corrected chi connectivity index (χ1v) is 10.5. The highest BCUT2D eigenvalue weighted by atomic mass is 16.5. The lowest BCUT2D eigenvalue weighted by molar-refractivity contribution is -0.132. The van der Waals surface area contributed by atoms with E-state index in [1.165, 1.54) is 0 Å². The van der Waals surface area contributed by atoms with Crippen LogP contribution in [0.5, 0.6) is 11.5 Å². The Morgan fingerprint density at radius 1 is 1.03 bits per heavy atom. The minimum absolute atomic E-state index is 0.0656. The molecule has 6 heteroatoms. The van der Waals surface area contributed by atoms with Gasteiger partial charge in [-0.15, -0.1) is 0 Å². The second-order valence-corrected chi connectivity index (χ2v) is 7.55. The zero-order valence-electron chi connectivity index (χ0n) is 17.7. The number of methoxy groups -OCH3 is 1. The van der Waals surface area contributed by atoms with Crippen LogP contribution in [0.3, 0.4) is 0 Å². The molecule has 0 spiro atoms. The predicted molar refractivity (Wildman–Crippen MR) is 116 cm³/mol. The number of hydrogen-bond acceptors (Lipinski definition) is 4. The average Bonchev–Trinajstić information content (AvgIpc) is 2.78. The maximum Gasteiger partial charge on any atom is 0.255 e. The molecule has 0 bridgehead atoms. The van der Waals surface area contributed by atoms with Gasteiger partial charge in [0.1, 0.15) is 11.5 Å². The molecule has 1 saturated heterocycles. The molecule has 0 unspecified atom stereocenters. The van der Waals surface area contributed by atoms with Crippen molar-refractivity contribution in [1.29, 1.82) is 0 Å². The van der Waals surface area contributed by atoms with E-state index in [9.17, 15) is 9.59 Å². The van der Waals surface area contributed by atoms with Crippen LogP contribution < -0.4 is 14.8 Å². The van der Waals surface area contributed by atoms with Crippen molar-refractivity contribution in [2.24, 2.45) is 0 Å². The van der Waals surface area contributed by atoms with Gasteiger partial charge in [-0.3, -0.25) is 9.59 Å². The minimum atomic E-state index is -0.134. The van der Waals surface area contributed by atoms with Crippen molar-refractivity contribution in [3.8, 4) is 11.5 Å². The van der Waals surface area contributed by atoms with Gasteiger partial charge in [0.15, 0.2) is 0 Å². The van der Waals surface area contributed by atoms with Crippen molar-refractivity contribution < 1.29 is 19.1 Å². The number of para-hydroxylation sites is 2. The fourth-order valence-electron chi connectivity index (χ4n) is 3.65. The first-order valence-electron chi connectivity index (χ1n) is 10.5. The molecule has 2 aromatic rings. The van der Waals surface area contributed by atoms with E-state index in [0.717, 1.165) is 24.2 Å². The van der Waals surface area contributed by atoms with Crippen molar-refractivity contribution in [3.63, 3.8) is 0 Å². The van der Waals surface area contributed by atoms with E-state index < -0.39 is 0 Å². The summed E-state index contributed by atoms with van der Waals surface area (Å²) in [7, 11) is 1.56. The van der Waals surface area contributed by atoms with Gasteiger partial charge in [0.25, 0.3) is 5.91 Å². The third kappa shape index (κ3) is 5.75. The van der Waals surface area contributed by atoms with Crippen LogP contribution >= 0.6 is 0 Å². The molecule has 2 aromatic carbocycles. The molecule has 1 heterocycles. The van der Waals surface area contributed by atoms with Gasteiger partial charge in [0.2, 0.25) is 5.91 Å². The molecule has 0 aliphatic carbocycles. The SMILES string of the molecule is COc1ccccc1C(=O)NC1CCN(C(=O)CCCOc2ccccc2C)CC1. The summed E-state index contributed by atoms with van der Waals surface area (Å²) in [4.78, 5) is 26.9. The normalized spacial score (nSPS) is 14.3. The van der Waals surface area contributed by atoms with Crippen LogP contribution in [0.4, 0.5) is 0 Å². The van der Waals surface area contributed by atoms with Gasteiger partial charge in [-0.2, -0.15) is 0 Å². The lowest BCUT2D eigenvalue weighted by atomic mass is 10.0. The highest BCUT2D eigenvalue weighted by molar-refractivity contribution is 5.97. The first kappa shape index (κ1) is 21.7. The van der Waals surface area contributed by atoms with Crippen LogP contribution in [-0.4, -0.2) is 49.6 Å². The van der Waals surface area contributed by atoms with Gasteiger partial charge in [-0.1, -0.05) is 30.3 Å². The lowest BCUT2D eigenvalue weighted by Crippen LogP contribution is -2.46. The minimum Gasteiger partial charge on any atom is -0.496 e. The Bertz CT molecular complexity index is 860. The number of aryl methyl sites for hydroxylation is 1. The number of hydrogen-bond donors (Lipinski definition) is 1. The second-order valence-electron chi connectivity index (χ2n) is 7.55. The van der Waals surface area contributed by atoms with E-state index >= 15 is 0 Å². The summed E-state index contributed by atoms with van der Waals surface area (Å²) in [5.74, 6) is 1.45. The largest absolute Gasteiger partial charge is 0.496 e. The molecule has 1 fully saturated rings. The van der Waals surface area contributed by atoms with Gasteiger partial charge >= 0.3 is 0 Å². The summed E-state index contributed by atoms with van der Waals surface area (Å²) in [5.41, 5.74) is 1.63. The summed E-state index contributed by atoms with van der Waals surface area (Å²) in [5, 5.41) is 3.07. The van der Waals surface area contributed by atoms with Crippen molar-refractivity contribution in [3.05, 3.63) is 59.7 Å². The van der Waals surface area contributed by atoms with Gasteiger partial charge in [-0.05, 0) is 49.9 Å². The monoisotopic (exact) mass is 410 g/mol. The van der Waals surface area contributed by atoms with Crippen LogP contribution in [0.25, 0.3) is 0 Å². The van der Waals surface area contributed by atoms with Crippen LogP contribution in [0.15, 0.2) is 48.5 Å². The maximum absolute atomic E-state index is 12.5. The third-order valence-corrected chi connectivity index (χ3v) is 5.42. The molecule has 160 valence electrons. The van der Waals surface area contributed by atoms with Crippen LogP contribution in [0, 0.1) is 6.92 Å². The molecule has 3 rings (SSSR count). The third-order valence-electron chi connectivity index (χ3n) is 5.42. The molecule has 0 aromatic heterocycles. The standard InChI is InChI=1S/C24H30N2O4/c1-18-8-3-5-10-21(18)30-17-7-12-23(27)26-15-13-19(14-16-26)25-24(28)20-9-4-6-11-22(20)29-2/h3-6,8-11,19H,7,12-17H2,1-2H3,(H,25,28). The molecule has 1 aliphatic heterocycles. The van der Waals surface area contributed by atoms with Gasteiger partial charge in [-0.25, -0.2) is 0 Å². The van der Waals surface area contributed by atoms with E-state index in [1.54, 1.807) is 19.2 Å². The zero-order valence-corrected chi connectivity index (χ0v) is 17.7. The van der Waals surface area contributed by atoms with E-state index in [-0.39, 0.29) is 17.9 Å². The summed E-state index contributed by atoms with van der Waals surface area (Å²) in [6.45, 7) is 3.86. The molecule has 0 radical (unpaired) electrons. The second kappa shape index (κ2) is 10.7. The van der Waals surface area contributed by atoms with Crippen LogP contribution in [-0.2, 0) is 4.79 Å². The number of nitrogens with zero attached hydrogens (tertiary/aromatic N) is 1. The molecule has 0 atom stereocenters. The Kier molecular flexibility index (Phi) is 7.71. The Balaban J connectivity index is 1.38. The van der Waals surface area contributed by atoms with Crippen molar-refractivity contribution in [2.45, 2.75) is 38.6 Å². The van der Waals surface area contributed by atoms with E-state index in [1.807, 2.05) is 48.2 Å². The Hall–Kier alpha value is -3.02. The Morgan fingerprint density at radius 3 is 2.40 bits per heavy atom. The molecule has 0 saturated carbocycles. The first-order chi connectivity index (χ1) is 14.6. The molecule has 1 N–H and O–H groups in total. The average molecular weight is 411 g/mol. The topological polar surface area (TPSA) is 67.9 Å². The molecule has 2 amide bonds. The van der Waals surface area contributed by atoms with Crippen molar-refractivity contribution in [2.75, 3.05) is 26.8 Å². The van der Waals surface area contributed by atoms with E-state index in [2.05, 4.69) is 5.32 Å². The number of ether oxygens (including phenoxy) is 2. The zero-order chi connectivity index (χ0) is 21.3. The predicted octanol–water partition coefficient (Wildman–Crippen LogP) is 3.58. The lowest BCUT2D eigenvalue weighted by Gasteiger charge is -2.32. The smallest absolute Gasteiger partial charge is 0.255 e. The van der Waals surface area contributed by atoms with E-state index in [0.29, 0.717) is 43.9 Å². The van der Waals surface area contributed by atoms with Crippen molar-refractivity contribution in [1.82, 2.24) is 10.2 Å². The highest BCUT2D eigenvalue weighted by Crippen LogP contribution is 2.19. The number of carbonyl (C=O) groups is 2. The number of rotatable bonds is 8. The molecular formula is C24H30N2O4. The molecule has 30 heavy (non-hydrogen) atoms. The quantitative estimate of drug-likeness (QED) is 0.676. The summed E-state index contributed by atoms with van der Waals surface area (Å²) < 4.78 is 11.0. The van der Waals surface area contributed by atoms with Gasteiger partial charge in [0.05, 0.1) is 19.3 Å². The number of carbonyl (C=O) groups excluding carboxylic acids is 2. The Labute approximate surface area is 178 Å². The fraction of sp³-hybridized carbons (Fsp3) is 0.417. The number of amides is 2. The van der Waals surface area contributed by atoms with Gasteiger partial charge < -0.3 is 19.7 Å². The Morgan fingerprint density at radius 2 is 1.70 bits per heavy atom. The number of likely N-dealkylation sites (tertiary alicyclic amines) is 1. The fourth-order valence-corrected chi connectivity index (χ4v) is 3.65. The number of piperidine rings is 1. The van der Waals surface area contributed by atoms with Crippen LogP contribution in [0.1, 0.15) is 41.6 Å². The highest BCUT2D eigenvalue weighted by Gasteiger charge is 2.24. The summed E-state index contributed by atoms with van der Waals surface area (Å²) in [6, 6.07) is 15.1. The number of nitrogens with one attached hydrogen (secondary N) is 1. The van der Waals surface area contributed by atoms with Crippen molar-refractivity contribution >= 4 is 11.8 Å². The molecule has 1 aliphatic rings. The summed E-state index contributed by atoms with van der Waals surface area (Å²) >= 11 is 0. The maximum atomic E-state index is 12.5. The van der Waals surface area contributed by atoms with Crippen LogP contribution in [0.2, 0.25) is 0 Å². The molecule has 6 nitrogen and oxygen atoms in total. The number of benzene rings is 2. The molecular weight excluding hydrogens is 380 g/mol. The summed E-state index contributed by atoms with van der Waals surface area (Å²) in [6.07, 6.45) is 2.68.